The van der Waals surface area contributed by atoms with E-state index in [1.165, 1.54) is 19.3 Å². The Morgan fingerprint density at radius 3 is 2.36 bits per heavy atom. The Bertz CT molecular complexity index is 322. The average Bonchev–Trinajstić information content (AvgIpc) is 2.16. The van der Waals surface area contributed by atoms with Crippen molar-refractivity contribution < 1.29 is 4.48 Å². The van der Waals surface area contributed by atoms with Gasteiger partial charge in [-0.15, -0.1) is 0 Å². The molecular formula is C13H20N+. The molecule has 0 aromatic heterocycles. The van der Waals surface area contributed by atoms with Crippen molar-refractivity contribution in [1.82, 2.24) is 0 Å². The monoisotopic (exact) mass is 190 g/mol. The lowest BCUT2D eigenvalue weighted by Gasteiger charge is -2.37. The van der Waals surface area contributed by atoms with Gasteiger partial charge in [-0.1, -0.05) is 24.3 Å². The van der Waals surface area contributed by atoms with E-state index in [-0.39, 0.29) is 0 Å². The SMILES string of the molecule is C[N+](C)(C)C1CCc2ccccc2C1. The third kappa shape index (κ3) is 1.83. The minimum absolute atomic E-state index is 0.796. The summed E-state index contributed by atoms with van der Waals surface area (Å²) in [6, 6.07) is 9.69. The summed E-state index contributed by atoms with van der Waals surface area (Å²) in [7, 11) is 6.91. The summed E-state index contributed by atoms with van der Waals surface area (Å²) in [5, 5.41) is 0. The van der Waals surface area contributed by atoms with Gasteiger partial charge in [0.15, 0.2) is 0 Å². The number of benzene rings is 1. The van der Waals surface area contributed by atoms with Crippen LogP contribution in [0.25, 0.3) is 0 Å². The van der Waals surface area contributed by atoms with E-state index in [0.717, 1.165) is 10.5 Å². The van der Waals surface area contributed by atoms with E-state index in [9.17, 15) is 0 Å². The van der Waals surface area contributed by atoms with Crippen LogP contribution in [-0.4, -0.2) is 31.7 Å². The molecule has 1 atom stereocenters. The summed E-state index contributed by atoms with van der Waals surface area (Å²) >= 11 is 0. The first-order valence-corrected chi connectivity index (χ1v) is 5.45. The highest BCUT2D eigenvalue weighted by Gasteiger charge is 2.27. The van der Waals surface area contributed by atoms with Crippen LogP contribution in [0.2, 0.25) is 0 Å². The van der Waals surface area contributed by atoms with Gasteiger partial charge in [-0.3, -0.25) is 0 Å². The minimum atomic E-state index is 0.796. The maximum absolute atomic E-state index is 2.30. The molecule has 0 aliphatic heterocycles. The second kappa shape index (κ2) is 3.39. The summed E-state index contributed by atoms with van der Waals surface area (Å²) in [5.74, 6) is 0. The molecule has 1 heteroatoms. The second-order valence-electron chi connectivity index (χ2n) is 5.28. The topological polar surface area (TPSA) is 0 Å². The van der Waals surface area contributed by atoms with Gasteiger partial charge in [-0.25, -0.2) is 0 Å². The van der Waals surface area contributed by atoms with Crippen LogP contribution in [0.3, 0.4) is 0 Å². The van der Waals surface area contributed by atoms with Crippen LogP contribution in [0.5, 0.6) is 0 Å². The lowest BCUT2D eigenvalue weighted by Crippen LogP contribution is -2.47. The first-order chi connectivity index (χ1) is 6.57. The maximum Gasteiger partial charge on any atom is 0.0928 e. The van der Waals surface area contributed by atoms with Crippen LogP contribution in [0.4, 0.5) is 0 Å². The molecule has 0 heterocycles. The van der Waals surface area contributed by atoms with Crippen LogP contribution in [-0.2, 0) is 12.8 Å². The minimum Gasteiger partial charge on any atom is -0.328 e. The fraction of sp³-hybridized carbons (Fsp3) is 0.538. The van der Waals surface area contributed by atoms with Crippen molar-refractivity contribution in [2.45, 2.75) is 25.3 Å². The number of quaternary nitrogens is 1. The molecule has 1 aromatic rings. The Morgan fingerprint density at radius 2 is 1.71 bits per heavy atom. The van der Waals surface area contributed by atoms with E-state index in [1.807, 2.05) is 0 Å². The molecule has 76 valence electrons. The average molecular weight is 190 g/mol. The van der Waals surface area contributed by atoms with Crippen LogP contribution < -0.4 is 0 Å². The number of hydrogen-bond donors (Lipinski definition) is 0. The molecule has 1 aliphatic carbocycles. The van der Waals surface area contributed by atoms with Crippen molar-refractivity contribution in [2.75, 3.05) is 21.1 Å². The van der Waals surface area contributed by atoms with Crippen LogP contribution in [0.1, 0.15) is 17.5 Å². The molecule has 0 bridgehead atoms. The van der Waals surface area contributed by atoms with E-state index >= 15 is 0 Å². The number of nitrogens with zero attached hydrogens (tertiary/aromatic N) is 1. The Kier molecular flexibility index (Phi) is 2.36. The van der Waals surface area contributed by atoms with Gasteiger partial charge in [0.25, 0.3) is 0 Å². The first kappa shape index (κ1) is 9.72. The molecule has 0 N–H and O–H groups in total. The molecule has 0 saturated carbocycles. The quantitative estimate of drug-likeness (QED) is 0.596. The van der Waals surface area contributed by atoms with E-state index in [2.05, 4.69) is 45.4 Å². The Hall–Kier alpha value is -0.820. The van der Waals surface area contributed by atoms with Gasteiger partial charge < -0.3 is 4.48 Å². The molecule has 1 aliphatic rings. The maximum atomic E-state index is 2.30. The molecule has 1 unspecified atom stereocenters. The third-order valence-corrected chi connectivity index (χ3v) is 3.42. The van der Waals surface area contributed by atoms with Gasteiger partial charge in [0.1, 0.15) is 0 Å². The Labute approximate surface area is 86.9 Å². The van der Waals surface area contributed by atoms with Crippen molar-refractivity contribution in [1.29, 1.82) is 0 Å². The molecule has 0 fully saturated rings. The molecule has 14 heavy (non-hydrogen) atoms. The summed E-state index contributed by atoms with van der Waals surface area (Å²) in [6.07, 6.45) is 3.84. The number of rotatable bonds is 1. The zero-order valence-corrected chi connectivity index (χ0v) is 9.46. The smallest absolute Gasteiger partial charge is 0.0928 e. The van der Waals surface area contributed by atoms with Crippen molar-refractivity contribution in [3.8, 4) is 0 Å². The molecule has 0 amide bonds. The molecule has 2 rings (SSSR count). The van der Waals surface area contributed by atoms with Crippen molar-refractivity contribution in [3.63, 3.8) is 0 Å². The fourth-order valence-electron chi connectivity index (χ4n) is 2.34. The summed E-state index contributed by atoms with van der Waals surface area (Å²) < 4.78 is 1.09. The van der Waals surface area contributed by atoms with Gasteiger partial charge in [0, 0.05) is 12.8 Å². The van der Waals surface area contributed by atoms with Crippen molar-refractivity contribution in [3.05, 3.63) is 35.4 Å². The Morgan fingerprint density at radius 1 is 1.07 bits per heavy atom. The number of likely N-dealkylation sites (N-methyl/N-ethyl adjacent to an activating group) is 1. The lowest BCUT2D eigenvalue weighted by molar-refractivity contribution is -0.896. The Balaban J connectivity index is 2.22. The molecular weight excluding hydrogens is 170 g/mol. The van der Waals surface area contributed by atoms with Crippen molar-refractivity contribution >= 4 is 0 Å². The standard InChI is InChI=1S/C13H20N/c1-14(2,3)13-9-8-11-6-4-5-7-12(11)10-13/h4-7,13H,8-10H2,1-3H3/q+1. The van der Waals surface area contributed by atoms with Gasteiger partial charge in [0.2, 0.25) is 0 Å². The largest absolute Gasteiger partial charge is 0.328 e. The van der Waals surface area contributed by atoms with Gasteiger partial charge in [-0.2, -0.15) is 0 Å². The number of fused-ring (bicyclic) bond motifs is 1. The van der Waals surface area contributed by atoms with E-state index in [4.69, 9.17) is 0 Å². The molecule has 1 nitrogen and oxygen atoms in total. The second-order valence-corrected chi connectivity index (χ2v) is 5.28. The van der Waals surface area contributed by atoms with Gasteiger partial charge in [-0.05, 0) is 17.5 Å². The summed E-state index contributed by atoms with van der Waals surface area (Å²) in [4.78, 5) is 0. The first-order valence-electron chi connectivity index (χ1n) is 5.45. The summed E-state index contributed by atoms with van der Waals surface area (Å²) in [6.45, 7) is 0. The van der Waals surface area contributed by atoms with E-state index < -0.39 is 0 Å². The number of hydrogen-bond acceptors (Lipinski definition) is 0. The van der Waals surface area contributed by atoms with Gasteiger partial charge >= 0.3 is 0 Å². The van der Waals surface area contributed by atoms with E-state index in [1.54, 1.807) is 11.1 Å². The van der Waals surface area contributed by atoms with Crippen molar-refractivity contribution in [2.24, 2.45) is 0 Å². The van der Waals surface area contributed by atoms with Crippen LogP contribution >= 0.6 is 0 Å². The van der Waals surface area contributed by atoms with Crippen LogP contribution in [0, 0.1) is 0 Å². The van der Waals surface area contributed by atoms with Crippen LogP contribution in [0.15, 0.2) is 24.3 Å². The fourth-order valence-corrected chi connectivity index (χ4v) is 2.34. The predicted octanol–water partition coefficient (Wildman–Crippen LogP) is 2.25. The van der Waals surface area contributed by atoms with Gasteiger partial charge in [0.05, 0.1) is 27.2 Å². The number of aryl methyl sites for hydroxylation is 1. The normalized spacial score (nSPS) is 21.8. The molecule has 1 aromatic carbocycles. The third-order valence-electron chi connectivity index (χ3n) is 3.42. The highest BCUT2D eigenvalue weighted by molar-refractivity contribution is 5.29. The zero-order valence-electron chi connectivity index (χ0n) is 9.46. The predicted molar refractivity (Wildman–Crippen MR) is 60.3 cm³/mol. The zero-order chi connectivity index (χ0) is 10.2. The molecule has 0 radical (unpaired) electrons. The summed E-state index contributed by atoms with van der Waals surface area (Å²) in [5.41, 5.74) is 3.13. The lowest BCUT2D eigenvalue weighted by atomic mass is 9.87. The van der Waals surface area contributed by atoms with E-state index in [0.29, 0.717) is 0 Å². The highest BCUT2D eigenvalue weighted by Crippen LogP contribution is 2.25. The molecule has 0 spiro atoms. The highest BCUT2D eigenvalue weighted by atomic mass is 15.3. The molecule has 0 saturated heterocycles.